The lowest BCUT2D eigenvalue weighted by Gasteiger charge is -2.36. The standard InChI is InChI=1S/C32H32IN5/c1-23(30(28-6-4-5-26(17-28)20-34)18-24-7-9-25(19-33)10-8-24)37-31(32(2,3)21-35)27-11-13-29(14-12-27)38-16-15-36-22-38/h4-17,22-23,30-31,37H,18-19H2,1-3H3/t23-,30+,31?/m0/s1. The predicted octanol–water partition coefficient (Wildman–Crippen LogP) is 7.27. The number of imidazole rings is 1. The third kappa shape index (κ3) is 6.51. The van der Waals surface area contributed by atoms with Crippen molar-refractivity contribution in [2.45, 2.75) is 49.6 Å². The summed E-state index contributed by atoms with van der Waals surface area (Å²) in [7, 11) is 0. The Labute approximate surface area is 239 Å². The molecule has 0 saturated heterocycles. The van der Waals surface area contributed by atoms with Crippen molar-refractivity contribution >= 4 is 22.6 Å². The van der Waals surface area contributed by atoms with Crippen molar-refractivity contribution in [2.24, 2.45) is 5.41 Å². The Balaban J connectivity index is 1.66. The molecule has 1 aromatic heterocycles. The molecule has 0 spiro atoms. The van der Waals surface area contributed by atoms with Gasteiger partial charge in [0.15, 0.2) is 0 Å². The number of halogens is 1. The normalized spacial score (nSPS) is 13.7. The molecule has 5 nitrogen and oxygen atoms in total. The topological polar surface area (TPSA) is 77.4 Å². The van der Waals surface area contributed by atoms with Crippen molar-refractivity contribution in [3.05, 3.63) is 119 Å². The third-order valence-electron chi connectivity index (χ3n) is 7.15. The molecule has 3 atom stereocenters. The second-order valence-electron chi connectivity index (χ2n) is 10.3. The highest BCUT2D eigenvalue weighted by atomic mass is 127. The molecule has 0 bridgehead atoms. The summed E-state index contributed by atoms with van der Waals surface area (Å²) in [5.74, 6) is 0.107. The maximum absolute atomic E-state index is 10.1. The fourth-order valence-corrected chi connectivity index (χ4v) is 5.36. The molecule has 38 heavy (non-hydrogen) atoms. The van der Waals surface area contributed by atoms with Gasteiger partial charge in [-0.2, -0.15) is 10.5 Å². The van der Waals surface area contributed by atoms with E-state index >= 15 is 0 Å². The van der Waals surface area contributed by atoms with Gasteiger partial charge in [0.1, 0.15) is 0 Å². The van der Waals surface area contributed by atoms with Crippen LogP contribution in [0.15, 0.2) is 91.5 Å². The molecule has 1 heterocycles. The number of rotatable bonds is 10. The molecule has 0 saturated carbocycles. The van der Waals surface area contributed by atoms with Crippen LogP contribution in [0.2, 0.25) is 0 Å². The van der Waals surface area contributed by atoms with E-state index in [-0.39, 0.29) is 18.0 Å². The quantitative estimate of drug-likeness (QED) is 0.151. The summed E-state index contributed by atoms with van der Waals surface area (Å²) in [6, 6.07) is 29.6. The molecule has 0 aliphatic rings. The number of aromatic nitrogens is 2. The molecule has 1 unspecified atom stereocenters. The summed E-state index contributed by atoms with van der Waals surface area (Å²) >= 11 is 2.38. The van der Waals surface area contributed by atoms with Crippen molar-refractivity contribution < 1.29 is 0 Å². The van der Waals surface area contributed by atoms with E-state index in [1.165, 1.54) is 11.1 Å². The molecule has 4 rings (SSSR count). The SMILES string of the molecule is C[C@H](NC(c1ccc(-n2ccnc2)cc1)C(C)(C)C#N)[C@@H](Cc1ccc(CI)cc1)c1cccc(C#N)c1. The Morgan fingerprint density at radius 2 is 1.68 bits per heavy atom. The second kappa shape index (κ2) is 12.4. The molecule has 6 heteroatoms. The Kier molecular flexibility index (Phi) is 8.99. The van der Waals surface area contributed by atoms with Crippen LogP contribution in [-0.2, 0) is 10.8 Å². The highest BCUT2D eigenvalue weighted by molar-refractivity contribution is 14.1. The first-order chi connectivity index (χ1) is 18.3. The van der Waals surface area contributed by atoms with Crippen LogP contribution in [0.25, 0.3) is 5.69 Å². The van der Waals surface area contributed by atoms with E-state index in [0.717, 1.165) is 27.7 Å². The van der Waals surface area contributed by atoms with Crippen LogP contribution in [0.1, 0.15) is 60.5 Å². The highest BCUT2D eigenvalue weighted by Crippen LogP contribution is 2.36. The number of nitrogens with zero attached hydrogens (tertiary/aromatic N) is 4. The lowest BCUT2D eigenvalue weighted by atomic mass is 9.79. The first-order valence-electron chi connectivity index (χ1n) is 12.7. The second-order valence-corrected chi connectivity index (χ2v) is 11.0. The Morgan fingerprint density at radius 1 is 0.974 bits per heavy atom. The molecule has 1 N–H and O–H groups in total. The van der Waals surface area contributed by atoms with Gasteiger partial charge in [-0.25, -0.2) is 4.98 Å². The molecule has 0 aliphatic heterocycles. The van der Waals surface area contributed by atoms with Crippen LogP contribution in [0.4, 0.5) is 0 Å². The lowest BCUT2D eigenvalue weighted by molar-refractivity contribution is 0.281. The van der Waals surface area contributed by atoms with Gasteiger partial charge in [-0.1, -0.05) is 71.1 Å². The predicted molar refractivity (Wildman–Crippen MR) is 160 cm³/mol. The molecule has 0 amide bonds. The van der Waals surface area contributed by atoms with Crippen LogP contribution < -0.4 is 5.32 Å². The minimum absolute atomic E-state index is 0.0270. The van der Waals surface area contributed by atoms with Crippen molar-refractivity contribution in [1.82, 2.24) is 14.9 Å². The Hall–Kier alpha value is -3.46. The van der Waals surface area contributed by atoms with Crippen molar-refractivity contribution in [1.29, 1.82) is 10.5 Å². The van der Waals surface area contributed by atoms with Gasteiger partial charge in [-0.3, -0.25) is 0 Å². The van der Waals surface area contributed by atoms with E-state index in [1.54, 1.807) is 12.5 Å². The number of nitrogens with one attached hydrogen (secondary N) is 1. The van der Waals surface area contributed by atoms with Gasteiger partial charge < -0.3 is 9.88 Å². The number of hydrogen-bond acceptors (Lipinski definition) is 4. The highest BCUT2D eigenvalue weighted by Gasteiger charge is 2.34. The van der Waals surface area contributed by atoms with Crippen LogP contribution in [0.3, 0.4) is 0 Å². The van der Waals surface area contributed by atoms with Crippen molar-refractivity contribution in [2.75, 3.05) is 0 Å². The summed E-state index contributed by atoms with van der Waals surface area (Å²) in [5, 5.41) is 23.5. The van der Waals surface area contributed by atoms with Gasteiger partial charge >= 0.3 is 0 Å². The fourth-order valence-electron chi connectivity index (χ4n) is 4.86. The summed E-state index contributed by atoms with van der Waals surface area (Å²) in [6.07, 6.45) is 6.27. The number of hydrogen-bond donors (Lipinski definition) is 1. The van der Waals surface area contributed by atoms with Crippen LogP contribution in [0.5, 0.6) is 0 Å². The molecule has 0 fully saturated rings. The zero-order valence-corrected chi connectivity index (χ0v) is 24.1. The van der Waals surface area contributed by atoms with Gasteiger partial charge in [0.25, 0.3) is 0 Å². The number of nitriles is 2. The maximum atomic E-state index is 10.1. The molecular weight excluding hydrogens is 581 g/mol. The smallest absolute Gasteiger partial charge is 0.0991 e. The van der Waals surface area contributed by atoms with Gasteiger partial charge in [0.2, 0.25) is 0 Å². The van der Waals surface area contributed by atoms with E-state index < -0.39 is 5.41 Å². The molecule has 4 aromatic rings. The van der Waals surface area contributed by atoms with Crippen LogP contribution >= 0.6 is 22.6 Å². The Morgan fingerprint density at radius 3 is 2.29 bits per heavy atom. The van der Waals surface area contributed by atoms with Crippen molar-refractivity contribution in [3.63, 3.8) is 0 Å². The molecule has 0 radical (unpaired) electrons. The fraction of sp³-hybridized carbons (Fsp3) is 0.281. The van der Waals surface area contributed by atoms with Crippen LogP contribution in [-0.4, -0.2) is 15.6 Å². The monoisotopic (exact) mass is 613 g/mol. The molecule has 192 valence electrons. The minimum Gasteiger partial charge on any atom is -0.306 e. The number of benzene rings is 3. The molecule has 3 aromatic carbocycles. The van der Waals surface area contributed by atoms with Crippen LogP contribution in [0, 0.1) is 28.1 Å². The molecular formula is C32H32IN5. The zero-order chi connectivity index (χ0) is 27.1. The zero-order valence-electron chi connectivity index (χ0n) is 22.0. The largest absolute Gasteiger partial charge is 0.306 e. The van der Waals surface area contributed by atoms with E-state index in [9.17, 15) is 10.5 Å². The first-order valence-corrected chi connectivity index (χ1v) is 14.3. The van der Waals surface area contributed by atoms with Gasteiger partial charge in [-0.15, -0.1) is 0 Å². The first kappa shape index (κ1) is 27.6. The van der Waals surface area contributed by atoms with Gasteiger partial charge in [0.05, 0.1) is 35.5 Å². The molecule has 0 aliphatic carbocycles. The van der Waals surface area contributed by atoms with Gasteiger partial charge in [0, 0.05) is 34.5 Å². The van der Waals surface area contributed by atoms with E-state index in [0.29, 0.717) is 5.56 Å². The summed E-state index contributed by atoms with van der Waals surface area (Å²) in [4.78, 5) is 4.14. The van der Waals surface area contributed by atoms with Crippen molar-refractivity contribution in [3.8, 4) is 17.8 Å². The average molecular weight is 614 g/mol. The van der Waals surface area contributed by atoms with E-state index in [4.69, 9.17) is 0 Å². The van der Waals surface area contributed by atoms with E-state index in [2.05, 4.69) is 107 Å². The van der Waals surface area contributed by atoms with E-state index in [1.807, 2.05) is 42.8 Å². The number of alkyl halides is 1. The summed E-state index contributed by atoms with van der Waals surface area (Å²) in [5.41, 5.74) is 5.76. The lowest BCUT2D eigenvalue weighted by Crippen LogP contribution is -2.42. The Bertz CT molecular complexity index is 1410. The minimum atomic E-state index is -0.647. The summed E-state index contributed by atoms with van der Waals surface area (Å²) < 4.78 is 2.94. The third-order valence-corrected chi connectivity index (χ3v) is 8.03. The maximum Gasteiger partial charge on any atom is 0.0991 e. The summed E-state index contributed by atoms with van der Waals surface area (Å²) in [6.45, 7) is 6.15. The van der Waals surface area contributed by atoms with Gasteiger partial charge in [-0.05, 0) is 73.7 Å². The average Bonchev–Trinajstić information content (AvgIpc) is 3.50.